The molecule has 2 aromatic carbocycles. The van der Waals surface area contributed by atoms with Crippen molar-refractivity contribution in [2.45, 2.75) is 30.6 Å². The highest BCUT2D eigenvalue weighted by Gasteiger charge is 2.45. The van der Waals surface area contributed by atoms with Crippen LogP contribution in [-0.2, 0) is 9.47 Å². The zero-order chi connectivity index (χ0) is 20.1. The van der Waals surface area contributed by atoms with E-state index in [1.54, 1.807) is 12.1 Å². The monoisotopic (exact) mass is 472 g/mol. The van der Waals surface area contributed by atoms with E-state index in [9.17, 15) is 4.79 Å². The average molecular weight is 473 g/mol. The van der Waals surface area contributed by atoms with Crippen LogP contribution in [0.3, 0.4) is 0 Å². The second-order valence-corrected chi connectivity index (χ2v) is 9.75. The minimum absolute atomic E-state index is 0.200. The summed E-state index contributed by atoms with van der Waals surface area (Å²) in [6, 6.07) is 17.7. The van der Waals surface area contributed by atoms with Gasteiger partial charge in [0, 0.05) is 10.2 Å². The fourth-order valence-electron chi connectivity index (χ4n) is 4.18. The van der Waals surface area contributed by atoms with E-state index < -0.39 is 0 Å². The van der Waals surface area contributed by atoms with E-state index in [1.807, 2.05) is 30.0 Å². The van der Waals surface area contributed by atoms with Gasteiger partial charge in [-0.2, -0.15) is 0 Å². The number of carbonyl (C=O) groups is 1. The van der Waals surface area contributed by atoms with Gasteiger partial charge >= 0.3 is 5.97 Å². The third-order valence-electron chi connectivity index (χ3n) is 5.59. The maximum atomic E-state index is 12.3. The van der Waals surface area contributed by atoms with Gasteiger partial charge in [-0.3, -0.25) is 0 Å². The quantitative estimate of drug-likeness (QED) is 0.475. The molecule has 0 N–H and O–H groups in total. The molecular formula is C24H25BrO3S. The lowest BCUT2D eigenvalue weighted by atomic mass is 9.79. The molecule has 2 aliphatic rings. The van der Waals surface area contributed by atoms with Gasteiger partial charge in [0.25, 0.3) is 0 Å². The van der Waals surface area contributed by atoms with Gasteiger partial charge in [-0.25, -0.2) is 4.79 Å². The predicted molar refractivity (Wildman–Crippen MR) is 122 cm³/mol. The molecule has 0 bridgehead atoms. The van der Waals surface area contributed by atoms with Crippen molar-refractivity contribution in [3.05, 3.63) is 75.8 Å². The Balaban J connectivity index is 1.46. The lowest BCUT2D eigenvalue weighted by molar-refractivity contribution is 0.0389. The first-order valence-corrected chi connectivity index (χ1v) is 11.9. The molecular weight excluding hydrogens is 448 g/mol. The second kappa shape index (κ2) is 9.50. The zero-order valence-electron chi connectivity index (χ0n) is 16.3. The lowest BCUT2D eigenvalue weighted by Gasteiger charge is -2.40. The summed E-state index contributed by atoms with van der Waals surface area (Å²) in [5, 5.41) is 0. The Morgan fingerprint density at radius 1 is 1.21 bits per heavy atom. The maximum absolute atomic E-state index is 12.3. The van der Waals surface area contributed by atoms with Crippen LogP contribution in [0.4, 0.5) is 0 Å². The van der Waals surface area contributed by atoms with Crippen LogP contribution in [0.2, 0.25) is 0 Å². The van der Waals surface area contributed by atoms with Crippen molar-refractivity contribution in [2.24, 2.45) is 5.92 Å². The van der Waals surface area contributed by atoms with Crippen LogP contribution in [0.1, 0.15) is 41.6 Å². The Hall–Kier alpha value is -1.56. The molecule has 1 heterocycles. The van der Waals surface area contributed by atoms with Crippen molar-refractivity contribution in [2.75, 3.05) is 19.0 Å². The number of halogens is 1. The highest BCUT2D eigenvalue weighted by molar-refractivity contribution is 9.10. The molecule has 1 spiro atoms. The number of ether oxygens (including phenoxy) is 2. The molecule has 29 heavy (non-hydrogen) atoms. The van der Waals surface area contributed by atoms with E-state index in [-0.39, 0.29) is 10.9 Å². The first-order valence-electron chi connectivity index (χ1n) is 10.1. The van der Waals surface area contributed by atoms with Gasteiger partial charge in [-0.1, -0.05) is 52.3 Å². The highest BCUT2D eigenvalue weighted by atomic mass is 79.9. The van der Waals surface area contributed by atoms with E-state index >= 15 is 0 Å². The summed E-state index contributed by atoms with van der Waals surface area (Å²) >= 11 is 5.32. The SMILES string of the molecule is O=C(OCC[C@@H]1CCC[C@]2(OCCS2)/C1=C/c1ccccc1)c1ccc(Br)cc1. The first kappa shape index (κ1) is 20.7. The van der Waals surface area contributed by atoms with Gasteiger partial charge in [0.1, 0.15) is 4.93 Å². The number of esters is 1. The van der Waals surface area contributed by atoms with Gasteiger partial charge in [-0.15, -0.1) is 11.8 Å². The first-order chi connectivity index (χ1) is 14.2. The van der Waals surface area contributed by atoms with Crippen LogP contribution >= 0.6 is 27.7 Å². The molecule has 0 unspecified atom stereocenters. The summed E-state index contributed by atoms with van der Waals surface area (Å²) in [6.45, 7) is 1.23. The van der Waals surface area contributed by atoms with Gasteiger partial charge in [-0.05, 0) is 67.0 Å². The summed E-state index contributed by atoms with van der Waals surface area (Å²) in [5.41, 5.74) is 3.15. The molecule has 0 aromatic heterocycles. The summed E-state index contributed by atoms with van der Waals surface area (Å²) in [7, 11) is 0. The van der Waals surface area contributed by atoms with Crippen LogP contribution < -0.4 is 0 Å². The third-order valence-corrected chi connectivity index (χ3v) is 7.52. The van der Waals surface area contributed by atoms with Crippen molar-refractivity contribution in [3.63, 3.8) is 0 Å². The Labute approximate surface area is 185 Å². The minimum atomic E-state index is -0.261. The third kappa shape index (κ3) is 4.96. The lowest BCUT2D eigenvalue weighted by Crippen LogP contribution is -2.35. The zero-order valence-corrected chi connectivity index (χ0v) is 18.7. The van der Waals surface area contributed by atoms with Crippen molar-refractivity contribution in [3.8, 4) is 0 Å². The number of rotatable bonds is 5. The van der Waals surface area contributed by atoms with Crippen molar-refractivity contribution in [1.82, 2.24) is 0 Å². The van der Waals surface area contributed by atoms with E-state index in [1.165, 1.54) is 11.1 Å². The van der Waals surface area contributed by atoms with Gasteiger partial charge in [0.15, 0.2) is 0 Å². The normalized spacial score (nSPS) is 25.4. The molecule has 1 aliphatic carbocycles. The van der Waals surface area contributed by atoms with E-state index in [0.29, 0.717) is 18.1 Å². The van der Waals surface area contributed by atoms with E-state index in [2.05, 4.69) is 46.3 Å². The van der Waals surface area contributed by atoms with Crippen LogP contribution in [-0.4, -0.2) is 29.9 Å². The molecule has 3 nitrogen and oxygen atoms in total. The summed E-state index contributed by atoms with van der Waals surface area (Å²) < 4.78 is 12.8. The molecule has 2 aromatic rings. The molecule has 0 amide bonds. The number of hydrogen-bond acceptors (Lipinski definition) is 4. The van der Waals surface area contributed by atoms with E-state index in [4.69, 9.17) is 9.47 Å². The largest absolute Gasteiger partial charge is 0.462 e. The topological polar surface area (TPSA) is 35.5 Å². The predicted octanol–water partition coefficient (Wildman–Crippen LogP) is 6.34. The molecule has 1 saturated heterocycles. The summed E-state index contributed by atoms with van der Waals surface area (Å²) in [6.07, 6.45) is 6.45. The Morgan fingerprint density at radius 3 is 2.72 bits per heavy atom. The smallest absolute Gasteiger partial charge is 0.338 e. The second-order valence-electron chi connectivity index (χ2n) is 7.48. The molecule has 2 fully saturated rings. The number of hydrogen-bond donors (Lipinski definition) is 0. The molecule has 1 aliphatic heterocycles. The standard InChI is InChI=1S/C24H25BrO3S/c25-21-10-8-20(9-11-21)23(26)27-14-12-19-7-4-13-24(28-15-16-29-24)22(19)17-18-5-2-1-3-6-18/h1-3,5-6,8-11,17,19H,4,7,12-16H2/b22-17+/t19-,24+/m0/s1. The van der Waals surface area contributed by atoms with Crippen molar-refractivity contribution in [1.29, 1.82) is 0 Å². The Kier molecular flexibility index (Phi) is 6.78. The highest BCUT2D eigenvalue weighted by Crippen LogP contribution is 2.51. The maximum Gasteiger partial charge on any atom is 0.338 e. The fraction of sp³-hybridized carbons (Fsp3) is 0.375. The van der Waals surface area contributed by atoms with Gasteiger partial charge in [0.2, 0.25) is 0 Å². The van der Waals surface area contributed by atoms with Crippen LogP contribution in [0, 0.1) is 5.92 Å². The average Bonchev–Trinajstić information content (AvgIpc) is 3.21. The molecule has 0 radical (unpaired) electrons. The van der Waals surface area contributed by atoms with Gasteiger partial charge < -0.3 is 9.47 Å². The van der Waals surface area contributed by atoms with Crippen molar-refractivity contribution < 1.29 is 14.3 Å². The van der Waals surface area contributed by atoms with Gasteiger partial charge in [0.05, 0.1) is 18.8 Å². The molecule has 2 atom stereocenters. The number of carbonyl (C=O) groups excluding carboxylic acids is 1. The summed E-state index contributed by atoms with van der Waals surface area (Å²) in [5.74, 6) is 1.15. The van der Waals surface area contributed by atoms with Crippen LogP contribution in [0.25, 0.3) is 6.08 Å². The molecule has 1 saturated carbocycles. The number of thioether (sulfide) groups is 1. The van der Waals surface area contributed by atoms with Crippen LogP contribution in [0.15, 0.2) is 64.6 Å². The summed E-state index contributed by atoms with van der Waals surface area (Å²) in [4.78, 5) is 12.1. The van der Waals surface area contributed by atoms with Crippen molar-refractivity contribution >= 4 is 39.7 Å². The molecule has 4 rings (SSSR count). The van der Waals surface area contributed by atoms with E-state index in [0.717, 1.165) is 42.5 Å². The Morgan fingerprint density at radius 2 is 2.00 bits per heavy atom. The Bertz CT molecular complexity index is 857. The van der Waals surface area contributed by atoms with Crippen LogP contribution in [0.5, 0.6) is 0 Å². The fourth-order valence-corrected chi connectivity index (χ4v) is 5.79. The molecule has 152 valence electrons. The number of benzene rings is 2. The minimum Gasteiger partial charge on any atom is -0.462 e. The molecule has 5 heteroatoms.